The second kappa shape index (κ2) is 4.11. The highest BCUT2D eigenvalue weighted by Crippen LogP contribution is 2.09. The van der Waals surface area contributed by atoms with Crippen molar-refractivity contribution in [3.05, 3.63) is 41.6 Å². The molecule has 0 saturated heterocycles. The summed E-state index contributed by atoms with van der Waals surface area (Å²) in [6.07, 6.45) is 5.02. The molecular weight excluding hydrogens is 200 g/mol. The molecule has 0 saturated carbocycles. The molecule has 0 spiro atoms. The fraction of sp³-hybridized carbons (Fsp3) is 0.111. The smallest absolute Gasteiger partial charge is 0.126 e. The summed E-state index contributed by atoms with van der Waals surface area (Å²) in [4.78, 5) is 11.0. The van der Waals surface area contributed by atoms with E-state index in [4.69, 9.17) is 11.6 Å². The molecular formula is C9H9ClN4. The van der Waals surface area contributed by atoms with Crippen LogP contribution in [0.25, 0.3) is 0 Å². The van der Waals surface area contributed by atoms with Gasteiger partial charge in [-0.15, -0.1) is 0 Å². The van der Waals surface area contributed by atoms with E-state index in [0.29, 0.717) is 11.6 Å². The molecule has 0 aliphatic carbocycles. The maximum atomic E-state index is 5.70. The Kier molecular flexibility index (Phi) is 2.65. The molecule has 2 aromatic heterocycles. The number of hydrogen-bond donors (Lipinski definition) is 2. The summed E-state index contributed by atoms with van der Waals surface area (Å²) >= 11 is 5.70. The SMILES string of the molecule is Clc1ccc(NCc2cnc[nH]2)nc1. The number of pyridine rings is 1. The van der Waals surface area contributed by atoms with Crippen LogP contribution in [0.3, 0.4) is 0 Å². The van der Waals surface area contributed by atoms with E-state index in [1.807, 2.05) is 6.07 Å². The second-order valence-corrected chi connectivity index (χ2v) is 3.23. The van der Waals surface area contributed by atoms with E-state index in [-0.39, 0.29) is 0 Å². The fourth-order valence-corrected chi connectivity index (χ4v) is 1.16. The average Bonchev–Trinajstić information content (AvgIpc) is 2.70. The molecule has 2 rings (SSSR count). The van der Waals surface area contributed by atoms with Gasteiger partial charge in [0, 0.05) is 12.4 Å². The summed E-state index contributed by atoms with van der Waals surface area (Å²) in [6, 6.07) is 3.63. The number of H-pyrrole nitrogens is 1. The number of aromatic amines is 1. The third kappa shape index (κ3) is 2.23. The number of nitrogens with one attached hydrogen (secondary N) is 2. The Morgan fingerprint density at radius 1 is 1.36 bits per heavy atom. The Morgan fingerprint density at radius 2 is 2.29 bits per heavy atom. The summed E-state index contributed by atoms with van der Waals surface area (Å²) in [5, 5.41) is 3.77. The first-order chi connectivity index (χ1) is 6.84. The van der Waals surface area contributed by atoms with Gasteiger partial charge in [0.15, 0.2) is 0 Å². The van der Waals surface area contributed by atoms with Crippen LogP contribution in [0.15, 0.2) is 30.9 Å². The Labute approximate surface area is 86.4 Å². The molecule has 2 heterocycles. The maximum Gasteiger partial charge on any atom is 0.126 e. The van der Waals surface area contributed by atoms with Crippen molar-refractivity contribution in [3.63, 3.8) is 0 Å². The van der Waals surface area contributed by atoms with Gasteiger partial charge in [-0.3, -0.25) is 0 Å². The second-order valence-electron chi connectivity index (χ2n) is 2.79. The largest absolute Gasteiger partial charge is 0.364 e. The topological polar surface area (TPSA) is 53.6 Å². The zero-order chi connectivity index (χ0) is 9.80. The van der Waals surface area contributed by atoms with Crippen LogP contribution < -0.4 is 5.32 Å². The number of imidazole rings is 1. The summed E-state index contributed by atoms with van der Waals surface area (Å²) in [5.41, 5.74) is 1.02. The lowest BCUT2D eigenvalue weighted by Crippen LogP contribution is -2.00. The Morgan fingerprint density at radius 3 is 2.93 bits per heavy atom. The minimum atomic E-state index is 0.636. The molecule has 0 radical (unpaired) electrons. The summed E-state index contributed by atoms with van der Waals surface area (Å²) in [7, 11) is 0. The monoisotopic (exact) mass is 208 g/mol. The van der Waals surface area contributed by atoms with Crippen LogP contribution >= 0.6 is 11.6 Å². The van der Waals surface area contributed by atoms with Gasteiger partial charge in [-0.2, -0.15) is 0 Å². The van der Waals surface area contributed by atoms with Gasteiger partial charge >= 0.3 is 0 Å². The molecule has 0 aliphatic heterocycles. The van der Waals surface area contributed by atoms with Crippen LogP contribution in [0.1, 0.15) is 5.69 Å². The van der Waals surface area contributed by atoms with Crippen LogP contribution in [0.5, 0.6) is 0 Å². The lowest BCUT2D eigenvalue weighted by Gasteiger charge is -2.02. The van der Waals surface area contributed by atoms with E-state index in [2.05, 4.69) is 20.3 Å². The number of rotatable bonds is 3. The number of hydrogen-bond acceptors (Lipinski definition) is 3. The number of aromatic nitrogens is 3. The first kappa shape index (κ1) is 9.02. The van der Waals surface area contributed by atoms with Crippen molar-refractivity contribution < 1.29 is 0 Å². The van der Waals surface area contributed by atoms with Crippen molar-refractivity contribution in [2.45, 2.75) is 6.54 Å². The first-order valence-corrected chi connectivity index (χ1v) is 4.55. The molecule has 0 aromatic carbocycles. The van der Waals surface area contributed by atoms with Crippen LogP contribution in [0.2, 0.25) is 5.02 Å². The molecule has 2 aromatic rings. The van der Waals surface area contributed by atoms with Gasteiger partial charge < -0.3 is 10.3 Å². The standard InChI is InChI=1S/C9H9ClN4/c10-7-1-2-9(12-3-7)13-5-8-4-11-6-14-8/h1-4,6H,5H2,(H,11,14)(H,12,13). The molecule has 0 fully saturated rings. The third-order valence-corrected chi connectivity index (χ3v) is 1.97. The zero-order valence-corrected chi connectivity index (χ0v) is 8.12. The minimum Gasteiger partial charge on any atom is -0.364 e. The Balaban J connectivity index is 1.95. The predicted molar refractivity (Wildman–Crippen MR) is 55.2 cm³/mol. The van der Waals surface area contributed by atoms with Crippen molar-refractivity contribution in [2.24, 2.45) is 0 Å². The highest BCUT2D eigenvalue weighted by Gasteiger charge is 1.95. The lowest BCUT2D eigenvalue weighted by molar-refractivity contribution is 1.05. The lowest BCUT2D eigenvalue weighted by atomic mass is 10.4. The molecule has 0 amide bonds. The zero-order valence-electron chi connectivity index (χ0n) is 7.37. The van der Waals surface area contributed by atoms with Crippen molar-refractivity contribution in [1.29, 1.82) is 0 Å². The van der Waals surface area contributed by atoms with Gasteiger partial charge in [0.05, 0.1) is 23.6 Å². The normalized spacial score (nSPS) is 10.1. The molecule has 2 N–H and O–H groups in total. The molecule has 14 heavy (non-hydrogen) atoms. The highest BCUT2D eigenvalue weighted by molar-refractivity contribution is 6.30. The Bertz CT molecular complexity index is 382. The quantitative estimate of drug-likeness (QED) is 0.812. The third-order valence-electron chi connectivity index (χ3n) is 1.74. The van der Waals surface area contributed by atoms with Gasteiger partial charge in [-0.1, -0.05) is 11.6 Å². The van der Waals surface area contributed by atoms with E-state index in [1.165, 1.54) is 0 Å². The van der Waals surface area contributed by atoms with Gasteiger partial charge in [0.25, 0.3) is 0 Å². The molecule has 0 aliphatic rings. The molecule has 5 heteroatoms. The van der Waals surface area contributed by atoms with Gasteiger partial charge in [0.1, 0.15) is 5.82 Å². The van der Waals surface area contributed by atoms with Gasteiger partial charge in [-0.25, -0.2) is 9.97 Å². The van der Waals surface area contributed by atoms with Crippen molar-refractivity contribution in [3.8, 4) is 0 Å². The van der Waals surface area contributed by atoms with E-state index >= 15 is 0 Å². The van der Waals surface area contributed by atoms with Gasteiger partial charge in [0.2, 0.25) is 0 Å². The van der Waals surface area contributed by atoms with E-state index in [9.17, 15) is 0 Å². The molecule has 4 nitrogen and oxygen atoms in total. The number of halogens is 1. The van der Waals surface area contributed by atoms with Crippen molar-refractivity contribution >= 4 is 17.4 Å². The van der Waals surface area contributed by atoms with Crippen LogP contribution in [0, 0.1) is 0 Å². The number of nitrogens with zero attached hydrogens (tertiary/aromatic N) is 2. The molecule has 0 bridgehead atoms. The van der Waals surface area contributed by atoms with Crippen molar-refractivity contribution in [2.75, 3.05) is 5.32 Å². The summed E-state index contributed by atoms with van der Waals surface area (Å²) in [5.74, 6) is 0.795. The maximum absolute atomic E-state index is 5.70. The highest BCUT2D eigenvalue weighted by atomic mass is 35.5. The minimum absolute atomic E-state index is 0.636. The number of anilines is 1. The van der Waals surface area contributed by atoms with Gasteiger partial charge in [-0.05, 0) is 12.1 Å². The molecule has 0 atom stereocenters. The van der Waals surface area contributed by atoms with E-state index < -0.39 is 0 Å². The first-order valence-electron chi connectivity index (χ1n) is 4.17. The van der Waals surface area contributed by atoms with E-state index in [0.717, 1.165) is 11.5 Å². The Hall–Kier alpha value is -1.55. The molecule has 0 unspecified atom stereocenters. The van der Waals surface area contributed by atoms with Crippen LogP contribution in [0.4, 0.5) is 5.82 Å². The average molecular weight is 209 g/mol. The summed E-state index contributed by atoms with van der Waals surface area (Å²) < 4.78 is 0. The van der Waals surface area contributed by atoms with Crippen molar-refractivity contribution in [1.82, 2.24) is 15.0 Å². The van der Waals surface area contributed by atoms with Crippen LogP contribution in [-0.4, -0.2) is 15.0 Å². The fourth-order valence-electron chi connectivity index (χ4n) is 1.05. The summed E-state index contributed by atoms with van der Waals surface area (Å²) in [6.45, 7) is 0.675. The van der Waals surface area contributed by atoms with Crippen LogP contribution in [-0.2, 0) is 6.54 Å². The van der Waals surface area contributed by atoms with E-state index in [1.54, 1.807) is 24.8 Å². The predicted octanol–water partition coefficient (Wildman–Crippen LogP) is 2.07. The molecule has 72 valence electrons.